The highest BCUT2D eigenvalue weighted by Gasteiger charge is 2.21. The Labute approximate surface area is 203 Å². The number of rotatable bonds is 7. The monoisotopic (exact) mass is 512 g/mol. The number of methoxy groups -OCH3 is 1. The van der Waals surface area contributed by atoms with Gasteiger partial charge in [-0.1, -0.05) is 34.5 Å². The van der Waals surface area contributed by atoms with Gasteiger partial charge in [0.1, 0.15) is 23.6 Å². The molecule has 0 radical (unpaired) electrons. The maximum Gasteiger partial charge on any atom is 0.338 e. The summed E-state index contributed by atoms with van der Waals surface area (Å²) < 4.78 is 16.9. The van der Waals surface area contributed by atoms with Gasteiger partial charge in [0.25, 0.3) is 5.91 Å². The van der Waals surface area contributed by atoms with E-state index in [4.69, 9.17) is 37.4 Å². The Morgan fingerprint density at radius 2 is 2.03 bits per heavy atom. The van der Waals surface area contributed by atoms with E-state index in [9.17, 15) is 9.59 Å². The number of aryl methyl sites for hydroxylation is 1. The summed E-state index contributed by atoms with van der Waals surface area (Å²) in [6.45, 7) is 5.94. The maximum absolute atomic E-state index is 12.7. The normalized spacial score (nSPS) is 14.4. The van der Waals surface area contributed by atoms with Crippen molar-refractivity contribution in [3.8, 4) is 5.75 Å². The van der Waals surface area contributed by atoms with Crippen LogP contribution in [0.4, 0.5) is 5.13 Å². The van der Waals surface area contributed by atoms with E-state index in [1.807, 2.05) is 0 Å². The average molecular weight is 513 g/mol. The molecule has 0 saturated carbocycles. The lowest BCUT2D eigenvalue weighted by Gasteiger charge is -2.26. The standard InChI is InChI=1S/C21H22Cl2N4O5S/c1-11-15(22)16(23)18(24-11)19(28)26-21-25-17-13(32-8-5-27-3-6-31-7-4-27)9-12(20(29)30-2)10-14(17)33-21/h9-10,24H,3-8H2,1-2H3,(H,25,26,28). The molecule has 1 saturated heterocycles. The van der Waals surface area contributed by atoms with Gasteiger partial charge in [-0.15, -0.1) is 0 Å². The van der Waals surface area contributed by atoms with Crippen molar-refractivity contribution in [1.82, 2.24) is 14.9 Å². The Morgan fingerprint density at radius 1 is 1.27 bits per heavy atom. The molecule has 9 nitrogen and oxygen atoms in total. The van der Waals surface area contributed by atoms with Crippen molar-refractivity contribution in [2.24, 2.45) is 0 Å². The Hall–Kier alpha value is -2.37. The second kappa shape index (κ2) is 10.3. The Bertz CT molecular complexity index is 1190. The Kier molecular flexibility index (Phi) is 7.40. The molecule has 1 aliphatic heterocycles. The number of thiazole rings is 1. The molecule has 33 heavy (non-hydrogen) atoms. The number of aromatic nitrogens is 2. The summed E-state index contributed by atoms with van der Waals surface area (Å²) in [5.41, 5.74) is 1.62. The molecule has 2 aromatic heterocycles. The van der Waals surface area contributed by atoms with Crippen molar-refractivity contribution in [2.45, 2.75) is 6.92 Å². The number of morpholine rings is 1. The molecule has 0 unspecified atom stereocenters. The van der Waals surface area contributed by atoms with E-state index >= 15 is 0 Å². The summed E-state index contributed by atoms with van der Waals surface area (Å²) in [7, 11) is 1.32. The van der Waals surface area contributed by atoms with E-state index in [0.717, 1.165) is 13.1 Å². The summed E-state index contributed by atoms with van der Waals surface area (Å²) in [6.07, 6.45) is 0. The number of carbonyl (C=O) groups is 2. The molecule has 12 heteroatoms. The first-order chi connectivity index (χ1) is 15.9. The van der Waals surface area contributed by atoms with Crippen molar-refractivity contribution < 1.29 is 23.8 Å². The van der Waals surface area contributed by atoms with E-state index < -0.39 is 11.9 Å². The van der Waals surface area contributed by atoms with Gasteiger partial charge < -0.3 is 19.2 Å². The van der Waals surface area contributed by atoms with Gasteiger partial charge >= 0.3 is 5.97 Å². The van der Waals surface area contributed by atoms with Gasteiger partial charge in [0.05, 0.1) is 40.6 Å². The van der Waals surface area contributed by atoms with Crippen molar-refractivity contribution in [1.29, 1.82) is 0 Å². The van der Waals surface area contributed by atoms with Crippen LogP contribution in [0.5, 0.6) is 5.75 Å². The Balaban J connectivity index is 1.57. The third kappa shape index (κ3) is 5.25. The van der Waals surface area contributed by atoms with Crippen LogP contribution in [0.25, 0.3) is 10.2 Å². The summed E-state index contributed by atoms with van der Waals surface area (Å²) in [6, 6.07) is 3.26. The SMILES string of the molecule is COC(=O)c1cc(OCCN2CCOCC2)c2nc(NC(=O)c3[nH]c(C)c(Cl)c3Cl)sc2c1. The molecular weight excluding hydrogens is 491 g/mol. The number of fused-ring (bicyclic) bond motifs is 1. The topological polar surface area (TPSA) is 106 Å². The summed E-state index contributed by atoms with van der Waals surface area (Å²) in [5, 5.41) is 3.50. The fourth-order valence-corrected chi connectivity index (χ4v) is 4.73. The zero-order valence-electron chi connectivity index (χ0n) is 18.0. The third-order valence-corrected chi connectivity index (χ3v) is 7.02. The first kappa shape index (κ1) is 23.8. The maximum atomic E-state index is 12.7. The molecule has 0 aliphatic carbocycles. The molecule has 1 aromatic carbocycles. The van der Waals surface area contributed by atoms with Crippen LogP contribution < -0.4 is 10.1 Å². The molecule has 1 fully saturated rings. The number of hydrogen-bond acceptors (Lipinski definition) is 8. The number of anilines is 1. The smallest absolute Gasteiger partial charge is 0.338 e. The van der Waals surface area contributed by atoms with Crippen LogP contribution in [-0.4, -0.2) is 73.3 Å². The van der Waals surface area contributed by atoms with Crippen molar-refractivity contribution in [2.75, 3.05) is 51.9 Å². The van der Waals surface area contributed by atoms with Gasteiger partial charge in [-0.25, -0.2) is 9.78 Å². The third-order valence-electron chi connectivity index (χ3n) is 5.15. The van der Waals surface area contributed by atoms with Crippen molar-refractivity contribution in [3.63, 3.8) is 0 Å². The summed E-state index contributed by atoms with van der Waals surface area (Å²) in [5.74, 6) is -0.524. The highest BCUT2D eigenvalue weighted by atomic mass is 35.5. The van der Waals surface area contributed by atoms with Crippen LogP contribution in [-0.2, 0) is 9.47 Å². The number of carbonyl (C=O) groups excluding carboxylic acids is 2. The van der Waals surface area contributed by atoms with Crippen LogP contribution in [0.1, 0.15) is 26.5 Å². The number of esters is 1. The number of aromatic amines is 1. The number of halogens is 2. The van der Waals surface area contributed by atoms with Gasteiger partial charge in [0, 0.05) is 25.3 Å². The van der Waals surface area contributed by atoms with E-state index in [1.54, 1.807) is 19.1 Å². The number of H-pyrrole nitrogens is 1. The molecule has 2 N–H and O–H groups in total. The fraction of sp³-hybridized carbons (Fsp3) is 0.381. The van der Waals surface area contributed by atoms with Gasteiger partial charge in [0.2, 0.25) is 0 Å². The molecular formula is C21H22Cl2N4O5S. The minimum atomic E-state index is -0.489. The molecule has 1 aliphatic rings. The number of ether oxygens (including phenoxy) is 3. The predicted octanol–water partition coefficient (Wildman–Crippen LogP) is 3.99. The minimum Gasteiger partial charge on any atom is -0.490 e. The Morgan fingerprint density at radius 3 is 2.70 bits per heavy atom. The van der Waals surface area contributed by atoms with Crippen LogP contribution in [0.2, 0.25) is 10.0 Å². The lowest BCUT2D eigenvalue weighted by molar-refractivity contribution is 0.0323. The second-order valence-corrected chi connectivity index (χ2v) is 9.13. The minimum absolute atomic E-state index is 0.146. The number of benzene rings is 1. The van der Waals surface area contributed by atoms with Crippen LogP contribution >= 0.6 is 34.5 Å². The van der Waals surface area contributed by atoms with E-state index in [0.29, 0.717) is 63.7 Å². The van der Waals surface area contributed by atoms with E-state index in [2.05, 4.69) is 20.2 Å². The molecule has 0 bridgehead atoms. The van der Waals surface area contributed by atoms with Gasteiger partial charge in [0.15, 0.2) is 5.13 Å². The highest BCUT2D eigenvalue weighted by molar-refractivity contribution is 7.22. The van der Waals surface area contributed by atoms with Crippen LogP contribution in [0, 0.1) is 6.92 Å². The van der Waals surface area contributed by atoms with Gasteiger partial charge in [-0.2, -0.15) is 0 Å². The number of nitrogens with zero attached hydrogens (tertiary/aromatic N) is 2. The number of nitrogens with one attached hydrogen (secondary N) is 2. The first-order valence-corrected chi connectivity index (χ1v) is 11.8. The first-order valence-electron chi connectivity index (χ1n) is 10.2. The predicted molar refractivity (Wildman–Crippen MR) is 127 cm³/mol. The largest absolute Gasteiger partial charge is 0.490 e. The summed E-state index contributed by atoms with van der Waals surface area (Å²) >= 11 is 13.4. The van der Waals surface area contributed by atoms with E-state index in [-0.39, 0.29) is 10.7 Å². The van der Waals surface area contributed by atoms with Crippen LogP contribution in [0.3, 0.4) is 0 Å². The second-order valence-electron chi connectivity index (χ2n) is 7.34. The molecule has 4 rings (SSSR count). The zero-order valence-corrected chi connectivity index (χ0v) is 20.3. The zero-order chi connectivity index (χ0) is 23.5. The molecule has 1 amide bonds. The molecule has 3 heterocycles. The average Bonchev–Trinajstić information content (AvgIpc) is 3.34. The van der Waals surface area contributed by atoms with E-state index in [1.165, 1.54) is 18.4 Å². The quantitative estimate of drug-likeness (QED) is 0.461. The fourth-order valence-electron chi connectivity index (χ4n) is 3.40. The van der Waals surface area contributed by atoms with Crippen molar-refractivity contribution >= 4 is 61.8 Å². The number of amides is 1. The molecule has 0 spiro atoms. The van der Waals surface area contributed by atoms with Crippen LogP contribution in [0.15, 0.2) is 12.1 Å². The molecule has 0 atom stereocenters. The van der Waals surface area contributed by atoms with Gasteiger partial charge in [-0.3, -0.25) is 15.0 Å². The van der Waals surface area contributed by atoms with Gasteiger partial charge in [-0.05, 0) is 19.1 Å². The lowest BCUT2D eigenvalue weighted by Crippen LogP contribution is -2.38. The number of hydrogen-bond donors (Lipinski definition) is 2. The molecule has 176 valence electrons. The molecule has 3 aromatic rings. The highest BCUT2D eigenvalue weighted by Crippen LogP contribution is 2.35. The lowest BCUT2D eigenvalue weighted by atomic mass is 10.2. The summed E-state index contributed by atoms with van der Waals surface area (Å²) in [4.78, 5) is 34.5. The van der Waals surface area contributed by atoms with Crippen molar-refractivity contribution in [3.05, 3.63) is 39.1 Å².